The first-order chi connectivity index (χ1) is 11.4. The van der Waals surface area contributed by atoms with Gasteiger partial charge in [0, 0.05) is 42.3 Å². The van der Waals surface area contributed by atoms with Crippen LogP contribution in [0.1, 0.15) is 33.3 Å². The molecule has 1 aromatic carbocycles. The summed E-state index contributed by atoms with van der Waals surface area (Å²) >= 11 is 0. The van der Waals surface area contributed by atoms with Crippen LogP contribution in [0.2, 0.25) is 0 Å². The fraction of sp³-hybridized carbons (Fsp3) is 0.526. The Morgan fingerprint density at radius 1 is 1.21 bits per heavy atom. The van der Waals surface area contributed by atoms with Crippen molar-refractivity contribution >= 4 is 16.8 Å². The normalized spacial score (nSPS) is 13.2. The molecule has 1 amide bonds. The highest BCUT2D eigenvalue weighted by Gasteiger charge is 2.17. The van der Waals surface area contributed by atoms with Crippen LogP contribution in [0.5, 0.6) is 0 Å². The molecule has 5 nitrogen and oxygen atoms in total. The van der Waals surface area contributed by atoms with Gasteiger partial charge in [0.2, 0.25) is 5.91 Å². The lowest BCUT2D eigenvalue weighted by atomic mass is 10.1. The van der Waals surface area contributed by atoms with Crippen molar-refractivity contribution in [3.05, 3.63) is 36.0 Å². The third kappa shape index (κ3) is 4.58. The maximum Gasteiger partial charge on any atom is 0.237 e. The molecule has 2 rings (SSSR count). The summed E-state index contributed by atoms with van der Waals surface area (Å²) < 4.78 is 0. The number of rotatable bonds is 8. The average molecular weight is 330 g/mol. The van der Waals surface area contributed by atoms with Crippen LogP contribution in [0.15, 0.2) is 30.5 Å². The minimum Gasteiger partial charge on any atom is -0.361 e. The van der Waals surface area contributed by atoms with E-state index in [1.807, 2.05) is 24.4 Å². The lowest BCUT2D eigenvalue weighted by Gasteiger charge is -2.30. The summed E-state index contributed by atoms with van der Waals surface area (Å²) in [5.74, 6) is -0.0901. The molecule has 5 heteroatoms. The van der Waals surface area contributed by atoms with Crippen LogP contribution >= 0.6 is 0 Å². The van der Waals surface area contributed by atoms with Gasteiger partial charge in [0.1, 0.15) is 0 Å². The molecule has 132 valence electrons. The van der Waals surface area contributed by atoms with E-state index in [1.54, 1.807) is 0 Å². The van der Waals surface area contributed by atoms with Crippen molar-refractivity contribution in [2.45, 2.75) is 52.2 Å². The summed E-state index contributed by atoms with van der Waals surface area (Å²) in [4.78, 5) is 17.8. The number of benzene rings is 1. The van der Waals surface area contributed by atoms with Crippen molar-refractivity contribution in [1.29, 1.82) is 0 Å². The smallest absolute Gasteiger partial charge is 0.237 e. The monoisotopic (exact) mass is 330 g/mol. The number of fused-ring (bicyclic) bond motifs is 1. The molecule has 0 unspecified atom stereocenters. The third-order valence-corrected chi connectivity index (χ3v) is 4.45. The van der Waals surface area contributed by atoms with E-state index in [-0.39, 0.29) is 5.91 Å². The van der Waals surface area contributed by atoms with E-state index in [4.69, 9.17) is 5.73 Å². The second-order valence-corrected chi connectivity index (χ2v) is 6.89. The molecule has 4 N–H and O–H groups in total. The summed E-state index contributed by atoms with van der Waals surface area (Å²) in [6, 6.07) is 8.45. The predicted octanol–water partition coefficient (Wildman–Crippen LogP) is 2.27. The zero-order chi connectivity index (χ0) is 17.7. The predicted molar refractivity (Wildman–Crippen MR) is 100.0 cm³/mol. The molecule has 0 fully saturated rings. The van der Waals surface area contributed by atoms with Crippen LogP contribution in [0.3, 0.4) is 0 Å². The Kier molecular flexibility index (Phi) is 6.40. The van der Waals surface area contributed by atoms with Crippen molar-refractivity contribution in [1.82, 2.24) is 15.2 Å². The van der Waals surface area contributed by atoms with Crippen LogP contribution in [0.25, 0.3) is 10.9 Å². The molecule has 0 aliphatic heterocycles. The van der Waals surface area contributed by atoms with Crippen LogP contribution in [0, 0.1) is 0 Å². The zero-order valence-corrected chi connectivity index (χ0v) is 15.2. The summed E-state index contributed by atoms with van der Waals surface area (Å²) in [7, 11) is 0. The van der Waals surface area contributed by atoms with E-state index in [1.165, 1.54) is 0 Å². The minimum atomic E-state index is -0.532. The molecular weight excluding hydrogens is 300 g/mol. The fourth-order valence-corrected chi connectivity index (χ4v) is 3.18. The lowest BCUT2D eigenvalue weighted by Crippen LogP contribution is -2.47. The molecule has 0 aliphatic rings. The Morgan fingerprint density at radius 2 is 1.88 bits per heavy atom. The summed E-state index contributed by atoms with van der Waals surface area (Å²) in [6.45, 7) is 10.1. The number of H-pyrrole nitrogens is 1. The number of nitrogens with one attached hydrogen (secondary N) is 2. The largest absolute Gasteiger partial charge is 0.361 e. The number of carbonyl (C=O) groups excluding carboxylic acids is 1. The number of nitrogens with zero attached hydrogens (tertiary/aromatic N) is 1. The molecule has 1 atom stereocenters. The number of carbonyl (C=O) groups is 1. The molecule has 0 bridgehead atoms. The van der Waals surface area contributed by atoms with Gasteiger partial charge in [-0.15, -0.1) is 0 Å². The average Bonchev–Trinajstić information content (AvgIpc) is 2.93. The number of hydrogen-bond acceptors (Lipinski definition) is 3. The summed E-state index contributed by atoms with van der Waals surface area (Å²) in [6.07, 6.45) is 2.48. The van der Waals surface area contributed by atoms with E-state index < -0.39 is 6.04 Å². The molecule has 1 heterocycles. The first-order valence-corrected chi connectivity index (χ1v) is 8.74. The van der Waals surface area contributed by atoms with Gasteiger partial charge in [-0.1, -0.05) is 18.2 Å². The lowest BCUT2D eigenvalue weighted by molar-refractivity contribution is -0.122. The highest BCUT2D eigenvalue weighted by atomic mass is 16.2. The summed E-state index contributed by atoms with van der Waals surface area (Å²) in [5.41, 5.74) is 8.25. The number of aromatic nitrogens is 1. The molecule has 2 aromatic rings. The molecule has 1 aromatic heterocycles. The Morgan fingerprint density at radius 3 is 2.54 bits per heavy atom. The van der Waals surface area contributed by atoms with Crippen LogP contribution in [-0.4, -0.2) is 47.0 Å². The molecule has 0 spiro atoms. The third-order valence-electron chi connectivity index (χ3n) is 4.45. The van der Waals surface area contributed by atoms with E-state index in [2.05, 4.69) is 49.0 Å². The van der Waals surface area contributed by atoms with Gasteiger partial charge in [0.15, 0.2) is 0 Å². The van der Waals surface area contributed by atoms with Gasteiger partial charge in [0.05, 0.1) is 6.04 Å². The first-order valence-electron chi connectivity index (χ1n) is 8.74. The highest BCUT2D eigenvalue weighted by molar-refractivity contribution is 5.86. The van der Waals surface area contributed by atoms with Gasteiger partial charge in [-0.05, 0) is 45.7 Å². The van der Waals surface area contributed by atoms with Crippen LogP contribution < -0.4 is 11.1 Å². The maximum atomic E-state index is 12.3. The molecule has 0 aliphatic carbocycles. The Balaban J connectivity index is 1.86. The van der Waals surface area contributed by atoms with Crippen LogP contribution in [0.4, 0.5) is 0 Å². The Bertz CT molecular complexity index is 654. The number of hydrogen-bond donors (Lipinski definition) is 3. The Hall–Kier alpha value is -1.85. The second-order valence-electron chi connectivity index (χ2n) is 6.89. The van der Waals surface area contributed by atoms with E-state index in [0.717, 1.165) is 23.0 Å². The Labute approximate surface area is 144 Å². The minimum absolute atomic E-state index is 0.0901. The second kappa shape index (κ2) is 8.31. The standard InChI is InChI=1S/C19H30N4O/c1-13(2)23(14(3)4)10-9-21-19(24)17(20)11-15-12-22-18-8-6-5-7-16(15)18/h5-8,12-14,17,22H,9-11,20H2,1-4H3,(H,21,24)/t17-/m0/s1. The van der Waals surface area contributed by atoms with E-state index >= 15 is 0 Å². The van der Waals surface area contributed by atoms with Crippen molar-refractivity contribution < 1.29 is 4.79 Å². The number of nitrogens with two attached hydrogens (primary N) is 1. The maximum absolute atomic E-state index is 12.3. The van der Waals surface area contributed by atoms with Gasteiger partial charge in [0.25, 0.3) is 0 Å². The fourth-order valence-electron chi connectivity index (χ4n) is 3.18. The van der Waals surface area contributed by atoms with Crippen molar-refractivity contribution in [2.75, 3.05) is 13.1 Å². The number of amides is 1. The van der Waals surface area contributed by atoms with Gasteiger partial charge in [-0.3, -0.25) is 9.69 Å². The SMILES string of the molecule is CC(C)N(CCNC(=O)[C@@H](N)Cc1c[nH]c2ccccc12)C(C)C. The van der Waals surface area contributed by atoms with Gasteiger partial charge >= 0.3 is 0 Å². The zero-order valence-electron chi connectivity index (χ0n) is 15.2. The molecular formula is C19H30N4O. The molecule has 24 heavy (non-hydrogen) atoms. The van der Waals surface area contributed by atoms with Crippen molar-refractivity contribution in [3.8, 4) is 0 Å². The molecule has 0 saturated heterocycles. The van der Waals surface area contributed by atoms with Crippen LogP contribution in [-0.2, 0) is 11.2 Å². The summed E-state index contributed by atoms with van der Waals surface area (Å²) in [5, 5.41) is 4.10. The number of aromatic amines is 1. The van der Waals surface area contributed by atoms with Crippen molar-refractivity contribution in [3.63, 3.8) is 0 Å². The molecule has 0 saturated carbocycles. The van der Waals surface area contributed by atoms with Crippen molar-refractivity contribution in [2.24, 2.45) is 5.73 Å². The quantitative estimate of drug-likeness (QED) is 0.695. The first kappa shape index (κ1) is 18.5. The van der Waals surface area contributed by atoms with E-state index in [0.29, 0.717) is 25.0 Å². The van der Waals surface area contributed by atoms with Gasteiger partial charge < -0.3 is 16.0 Å². The van der Waals surface area contributed by atoms with Gasteiger partial charge in [-0.2, -0.15) is 0 Å². The highest BCUT2D eigenvalue weighted by Crippen LogP contribution is 2.18. The topological polar surface area (TPSA) is 74.2 Å². The molecule has 0 radical (unpaired) electrons. The number of para-hydroxylation sites is 1. The van der Waals surface area contributed by atoms with E-state index in [9.17, 15) is 4.79 Å². The van der Waals surface area contributed by atoms with Gasteiger partial charge in [-0.25, -0.2) is 0 Å².